The van der Waals surface area contributed by atoms with E-state index in [0.29, 0.717) is 29.2 Å². The van der Waals surface area contributed by atoms with Crippen LogP contribution in [0.4, 0.5) is 10.5 Å². The Morgan fingerprint density at radius 2 is 1.83 bits per heavy atom. The molecule has 166 valence electrons. The lowest BCUT2D eigenvalue weighted by Crippen LogP contribution is -2.53. The fourth-order valence-electron chi connectivity index (χ4n) is 3.41. The van der Waals surface area contributed by atoms with Gasteiger partial charge in [-0.3, -0.25) is 9.69 Å². The van der Waals surface area contributed by atoms with E-state index in [-0.39, 0.29) is 6.42 Å². The molecular formula is C21H30N2O7. The average molecular weight is 422 g/mol. The Kier molecular flexibility index (Phi) is 7.17. The number of nitrogens with zero attached hydrogens (tertiary/aromatic N) is 1. The number of ether oxygens (including phenoxy) is 4. The summed E-state index contributed by atoms with van der Waals surface area (Å²) in [5.74, 6) is -0.0575. The standard InChI is InChI=1S/C21H30N2O7/c1-8-13(22-20(26)30-21(2,3)4)18(24)23-14-9-10-16(27-5)17(28-6)12(14)11-15(23)19(25)29-7/h9-10,13,15H,8,11H2,1-7H3,(H,22,26)/t13-,15?/m0/s1. The van der Waals surface area contributed by atoms with Gasteiger partial charge in [-0.25, -0.2) is 9.59 Å². The molecule has 1 N–H and O–H groups in total. The van der Waals surface area contributed by atoms with Crippen LogP contribution in [0.15, 0.2) is 12.1 Å². The molecule has 0 aromatic heterocycles. The van der Waals surface area contributed by atoms with Crippen molar-refractivity contribution in [2.24, 2.45) is 0 Å². The van der Waals surface area contributed by atoms with Crippen LogP contribution in [-0.4, -0.2) is 57.0 Å². The summed E-state index contributed by atoms with van der Waals surface area (Å²) in [5.41, 5.74) is 0.467. The maximum atomic E-state index is 13.4. The molecule has 30 heavy (non-hydrogen) atoms. The molecule has 0 aliphatic carbocycles. The predicted octanol–water partition coefficient (Wildman–Crippen LogP) is 2.44. The minimum absolute atomic E-state index is 0.205. The van der Waals surface area contributed by atoms with Gasteiger partial charge in [0.05, 0.1) is 27.0 Å². The summed E-state index contributed by atoms with van der Waals surface area (Å²) in [6.07, 6.45) is -0.189. The summed E-state index contributed by atoms with van der Waals surface area (Å²) in [6, 6.07) is 1.59. The Labute approximate surface area is 176 Å². The highest BCUT2D eigenvalue weighted by Gasteiger charge is 2.43. The zero-order valence-corrected chi connectivity index (χ0v) is 18.5. The fourth-order valence-corrected chi connectivity index (χ4v) is 3.41. The molecule has 1 heterocycles. The molecule has 2 atom stereocenters. The summed E-state index contributed by atoms with van der Waals surface area (Å²) >= 11 is 0. The van der Waals surface area contributed by atoms with Crippen LogP contribution in [0.1, 0.15) is 39.7 Å². The minimum Gasteiger partial charge on any atom is -0.493 e. The SMILES string of the molecule is CC[C@H](NC(=O)OC(C)(C)C)C(=O)N1c2ccc(OC)c(OC)c2CC1C(=O)OC. The van der Waals surface area contributed by atoms with E-state index in [0.717, 1.165) is 0 Å². The lowest BCUT2D eigenvalue weighted by molar-refractivity contribution is -0.143. The van der Waals surface area contributed by atoms with Gasteiger partial charge in [-0.2, -0.15) is 0 Å². The largest absolute Gasteiger partial charge is 0.493 e. The molecule has 2 rings (SSSR count). The van der Waals surface area contributed by atoms with Crippen molar-refractivity contribution in [2.45, 2.75) is 58.2 Å². The fraction of sp³-hybridized carbons (Fsp3) is 0.571. The first-order valence-corrected chi connectivity index (χ1v) is 9.72. The topological polar surface area (TPSA) is 103 Å². The average Bonchev–Trinajstić information content (AvgIpc) is 3.08. The van der Waals surface area contributed by atoms with Crippen LogP contribution in [0, 0.1) is 0 Å². The van der Waals surface area contributed by atoms with Crippen molar-refractivity contribution in [1.29, 1.82) is 0 Å². The van der Waals surface area contributed by atoms with Crippen LogP contribution in [0.3, 0.4) is 0 Å². The van der Waals surface area contributed by atoms with Crippen molar-refractivity contribution in [3.05, 3.63) is 17.7 Å². The third-order valence-corrected chi connectivity index (χ3v) is 4.70. The van der Waals surface area contributed by atoms with Crippen molar-refractivity contribution in [1.82, 2.24) is 5.32 Å². The van der Waals surface area contributed by atoms with Gasteiger partial charge in [-0.05, 0) is 39.3 Å². The first kappa shape index (κ1) is 23.3. The number of alkyl carbamates (subject to hydrolysis) is 1. The van der Waals surface area contributed by atoms with E-state index >= 15 is 0 Å². The van der Waals surface area contributed by atoms with Crippen LogP contribution in [0.2, 0.25) is 0 Å². The molecule has 0 saturated heterocycles. The number of benzene rings is 1. The second-order valence-corrected chi connectivity index (χ2v) is 7.86. The third kappa shape index (κ3) is 4.77. The van der Waals surface area contributed by atoms with E-state index in [1.165, 1.54) is 26.2 Å². The second kappa shape index (κ2) is 9.23. The van der Waals surface area contributed by atoms with Gasteiger partial charge in [-0.1, -0.05) is 6.92 Å². The number of esters is 1. The Hall–Kier alpha value is -2.97. The molecule has 0 spiro atoms. The van der Waals surface area contributed by atoms with Gasteiger partial charge in [0.1, 0.15) is 17.7 Å². The molecule has 1 aliphatic rings. The van der Waals surface area contributed by atoms with Gasteiger partial charge >= 0.3 is 12.1 Å². The van der Waals surface area contributed by atoms with Crippen LogP contribution < -0.4 is 19.7 Å². The van der Waals surface area contributed by atoms with Crippen LogP contribution in [0.25, 0.3) is 0 Å². The zero-order valence-electron chi connectivity index (χ0n) is 18.5. The third-order valence-electron chi connectivity index (χ3n) is 4.70. The van der Waals surface area contributed by atoms with E-state index in [9.17, 15) is 14.4 Å². The van der Waals surface area contributed by atoms with E-state index < -0.39 is 35.7 Å². The number of hydrogen-bond acceptors (Lipinski definition) is 7. The normalized spacial score (nSPS) is 16.4. The summed E-state index contributed by atoms with van der Waals surface area (Å²) in [6.45, 7) is 6.97. The van der Waals surface area contributed by atoms with E-state index in [1.54, 1.807) is 39.8 Å². The summed E-state index contributed by atoms with van der Waals surface area (Å²) in [4.78, 5) is 39.4. The highest BCUT2D eigenvalue weighted by Crippen LogP contribution is 2.44. The van der Waals surface area contributed by atoms with Gasteiger partial charge in [0.25, 0.3) is 5.91 Å². The van der Waals surface area contributed by atoms with Crippen LogP contribution in [-0.2, 0) is 25.5 Å². The van der Waals surface area contributed by atoms with Crippen molar-refractivity contribution in [2.75, 3.05) is 26.2 Å². The van der Waals surface area contributed by atoms with E-state index in [1.807, 2.05) is 0 Å². The van der Waals surface area contributed by atoms with Crippen molar-refractivity contribution in [3.8, 4) is 11.5 Å². The van der Waals surface area contributed by atoms with Crippen molar-refractivity contribution >= 4 is 23.7 Å². The molecule has 1 unspecified atom stereocenters. The highest BCUT2D eigenvalue weighted by molar-refractivity contribution is 6.06. The molecule has 1 aliphatic heterocycles. The number of rotatable bonds is 6. The van der Waals surface area contributed by atoms with Crippen LogP contribution in [0.5, 0.6) is 11.5 Å². The Morgan fingerprint density at radius 1 is 1.17 bits per heavy atom. The molecule has 0 radical (unpaired) electrons. The van der Waals surface area contributed by atoms with Crippen molar-refractivity contribution < 1.29 is 33.3 Å². The maximum absolute atomic E-state index is 13.4. The second-order valence-electron chi connectivity index (χ2n) is 7.86. The first-order chi connectivity index (χ1) is 14.1. The first-order valence-electron chi connectivity index (χ1n) is 9.72. The molecule has 0 fully saturated rings. The lowest BCUT2D eigenvalue weighted by atomic mass is 10.1. The number of carbonyl (C=O) groups is 3. The number of amides is 2. The zero-order chi connectivity index (χ0) is 22.6. The van der Waals surface area contributed by atoms with Gasteiger partial charge < -0.3 is 24.3 Å². The lowest BCUT2D eigenvalue weighted by Gasteiger charge is -2.29. The smallest absolute Gasteiger partial charge is 0.408 e. The molecule has 9 nitrogen and oxygen atoms in total. The van der Waals surface area contributed by atoms with Gasteiger partial charge in [0.15, 0.2) is 11.5 Å². The summed E-state index contributed by atoms with van der Waals surface area (Å²) < 4.78 is 21.0. The number of methoxy groups -OCH3 is 3. The number of nitrogens with one attached hydrogen (secondary N) is 1. The number of anilines is 1. The highest BCUT2D eigenvalue weighted by atomic mass is 16.6. The number of fused-ring (bicyclic) bond motifs is 1. The molecule has 1 aromatic rings. The van der Waals surface area contributed by atoms with E-state index in [2.05, 4.69) is 5.32 Å². The predicted molar refractivity (Wildman–Crippen MR) is 110 cm³/mol. The number of hydrogen-bond donors (Lipinski definition) is 1. The summed E-state index contributed by atoms with van der Waals surface area (Å²) in [7, 11) is 4.27. The number of carbonyl (C=O) groups excluding carboxylic acids is 3. The van der Waals surface area contributed by atoms with E-state index in [4.69, 9.17) is 18.9 Å². The van der Waals surface area contributed by atoms with Crippen molar-refractivity contribution in [3.63, 3.8) is 0 Å². The minimum atomic E-state index is -0.883. The van der Waals surface area contributed by atoms with Crippen LogP contribution >= 0.6 is 0 Å². The molecule has 2 amide bonds. The molecular weight excluding hydrogens is 392 g/mol. The quantitative estimate of drug-likeness (QED) is 0.702. The Balaban J connectivity index is 2.42. The van der Waals surface area contributed by atoms with Gasteiger partial charge in [0.2, 0.25) is 0 Å². The molecule has 9 heteroatoms. The van der Waals surface area contributed by atoms with Gasteiger partial charge in [0, 0.05) is 12.0 Å². The molecule has 0 bridgehead atoms. The monoisotopic (exact) mass is 422 g/mol. The Bertz CT molecular complexity index is 816. The molecule has 1 aromatic carbocycles. The Morgan fingerprint density at radius 3 is 2.33 bits per heavy atom. The van der Waals surface area contributed by atoms with Gasteiger partial charge in [-0.15, -0.1) is 0 Å². The molecule has 0 saturated carbocycles. The maximum Gasteiger partial charge on any atom is 0.408 e. The summed E-state index contributed by atoms with van der Waals surface area (Å²) in [5, 5.41) is 2.60.